The second kappa shape index (κ2) is 3.65. The van der Waals surface area contributed by atoms with Crippen molar-refractivity contribution in [1.82, 2.24) is 15.5 Å². The minimum absolute atomic E-state index is 0.605. The van der Waals surface area contributed by atoms with Gasteiger partial charge in [0, 0.05) is 25.6 Å². The van der Waals surface area contributed by atoms with E-state index in [1.54, 1.807) is 0 Å². The molecule has 92 valence electrons. The second-order valence-corrected chi connectivity index (χ2v) is 5.23. The predicted molar refractivity (Wildman–Crippen MR) is 67.4 cm³/mol. The van der Waals surface area contributed by atoms with Crippen LogP contribution in [0.2, 0.25) is 0 Å². The Morgan fingerprint density at radius 3 is 3.00 bits per heavy atom. The van der Waals surface area contributed by atoms with Crippen molar-refractivity contribution in [1.29, 1.82) is 0 Å². The van der Waals surface area contributed by atoms with Crippen molar-refractivity contribution >= 4 is 0 Å². The Morgan fingerprint density at radius 1 is 1.28 bits per heavy atom. The van der Waals surface area contributed by atoms with E-state index in [0.29, 0.717) is 17.7 Å². The third kappa shape index (κ3) is 1.35. The van der Waals surface area contributed by atoms with Gasteiger partial charge in [0.15, 0.2) is 0 Å². The highest BCUT2D eigenvalue weighted by atomic mass is 16.5. The summed E-state index contributed by atoms with van der Waals surface area (Å²) in [6.45, 7) is 4.00. The number of aromatic nitrogens is 2. The summed E-state index contributed by atoms with van der Waals surface area (Å²) in [5.74, 6) is 2.62. The van der Waals surface area contributed by atoms with Crippen LogP contribution in [0.1, 0.15) is 35.3 Å². The van der Waals surface area contributed by atoms with Crippen molar-refractivity contribution in [3.63, 3.8) is 0 Å². The van der Waals surface area contributed by atoms with Crippen LogP contribution < -0.4 is 5.32 Å². The Morgan fingerprint density at radius 2 is 2.17 bits per heavy atom. The van der Waals surface area contributed by atoms with E-state index in [2.05, 4.69) is 33.7 Å². The van der Waals surface area contributed by atoms with Crippen molar-refractivity contribution < 1.29 is 4.52 Å². The van der Waals surface area contributed by atoms with Crippen LogP contribution in [0, 0.1) is 6.92 Å². The van der Waals surface area contributed by atoms with Gasteiger partial charge in [0.05, 0.1) is 0 Å². The number of hydrogen-bond donors (Lipinski definition) is 1. The third-order valence-corrected chi connectivity index (χ3v) is 4.11. The first-order valence-corrected chi connectivity index (χ1v) is 6.47. The maximum Gasteiger partial charge on any atom is 0.223 e. The van der Waals surface area contributed by atoms with E-state index in [-0.39, 0.29) is 0 Å². The van der Waals surface area contributed by atoms with Crippen molar-refractivity contribution in [3.05, 3.63) is 35.2 Å². The SMILES string of the molecule is Cc1nc(-c2cccc3c2C2CNCC3C2)no1. The maximum absolute atomic E-state index is 5.11. The zero-order chi connectivity index (χ0) is 12.1. The molecule has 0 spiro atoms. The second-order valence-electron chi connectivity index (χ2n) is 5.23. The molecule has 2 aliphatic rings. The highest BCUT2D eigenvalue weighted by molar-refractivity contribution is 5.65. The molecule has 4 heteroatoms. The quantitative estimate of drug-likeness (QED) is 0.831. The lowest BCUT2D eigenvalue weighted by molar-refractivity contribution is 0.394. The molecule has 1 aromatic carbocycles. The van der Waals surface area contributed by atoms with E-state index in [1.807, 2.05) is 6.92 Å². The summed E-state index contributed by atoms with van der Waals surface area (Å²) >= 11 is 0. The monoisotopic (exact) mass is 241 g/mol. The van der Waals surface area contributed by atoms with Crippen LogP contribution in [0.15, 0.2) is 22.7 Å². The van der Waals surface area contributed by atoms with Crippen LogP contribution in [0.3, 0.4) is 0 Å². The smallest absolute Gasteiger partial charge is 0.223 e. The zero-order valence-electron chi connectivity index (χ0n) is 10.3. The first-order valence-electron chi connectivity index (χ1n) is 6.47. The summed E-state index contributed by atoms with van der Waals surface area (Å²) < 4.78 is 5.11. The van der Waals surface area contributed by atoms with Gasteiger partial charge in [-0.25, -0.2) is 0 Å². The molecule has 1 aliphatic heterocycles. The van der Waals surface area contributed by atoms with Crippen molar-refractivity contribution in [2.75, 3.05) is 13.1 Å². The first kappa shape index (κ1) is 10.3. The number of nitrogens with one attached hydrogen (secondary N) is 1. The number of fused-ring (bicyclic) bond motifs is 5. The lowest BCUT2D eigenvalue weighted by Gasteiger charge is -2.20. The van der Waals surface area contributed by atoms with E-state index in [4.69, 9.17) is 4.52 Å². The first-order chi connectivity index (χ1) is 8.83. The van der Waals surface area contributed by atoms with Gasteiger partial charge in [-0.05, 0) is 29.4 Å². The Hall–Kier alpha value is -1.68. The highest BCUT2D eigenvalue weighted by Crippen LogP contribution is 2.47. The van der Waals surface area contributed by atoms with Gasteiger partial charge in [0.2, 0.25) is 11.7 Å². The zero-order valence-corrected chi connectivity index (χ0v) is 10.3. The minimum Gasteiger partial charge on any atom is -0.339 e. The van der Waals surface area contributed by atoms with Gasteiger partial charge in [-0.1, -0.05) is 23.4 Å². The molecule has 0 amide bonds. The van der Waals surface area contributed by atoms with Crippen LogP contribution >= 0.6 is 0 Å². The molecule has 2 bridgehead atoms. The van der Waals surface area contributed by atoms with E-state index < -0.39 is 0 Å². The predicted octanol–water partition coefficient (Wildman–Crippen LogP) is 2.22. The molecule has 2 heterocycles. The fourth-order valence-corrected chi connectivity index (χ4v) is 3.40. The Labute approximate surface area is 105 Å². The largest absolute Gasteiger partial charge is 0.339 e. The summed E-state index contributed by atoms with van der Waals surface area (Å²) in [5.41, 5.74) is 4.07. The number of benzene rings is 1. The molecule has 4 rings (SSSR count). The molecule has 2 atom stereocenters. The molecule has 1 fully saturated rings. The molecule has 2 unspecified atom stereocenters. The maximum atomic E-state index is 5.11. The molecule has 1 aliphatic carbocycles. The van der Waals surface area contributed by atoms with Gasteiger partial charge in [0.25, 0.3) is 0 Å². The molecule has 1 N–H and O–H groups in total. The van der Waals surface area contributed by atoms with Gasteiger partial charge >= 0.3 is 0 Å². The number of nitrogens with zero attached hydrogens (tertiary/aromatic N) is 2. The standard InChI is InChI=1S/C14H15N3O/c1-8-16-14(17-18-8)12-4-2-3-11-9-5-10(13(11)12)7-15-6-9/h2-4,9-10,15H,5-7H2,1H3. The summed E-state index contributed by atoms with van der Waals surface area (Å²) in [6.07, 6.45) is 1.26. The van der Waals surface area contributed by atoms with Gasteiger partial charge in [-0.2, -0.15) is 4.98 Å². The van der Waals surface area contributed by atoms with Crippen molar-refractivity contribution in [2.24, 2.45) is 0 Å². The fraction of sp³-hybridized carbons (Fsp3) is 0.429. The lowest BCUT2D eigenvalue weighted by Crippen LogP contribution is -2.28. The van der Waals surface area contributed by atoms with Crippen molar-refractivity contribution in [3.8, 4) is 11.4 Å². The minimum atomic E-state index is 0.605. The Bertz CT molecular complexity index is 605. The van der Waals surface area contributed by atoms with Crippen LogP contribution in [0.5, 0.6) is 0 Å². The van der Waals surface area contributed by atoms with Gasteiger partial charge in [0.1, 0.15) is 0 Å². The molecule has 0 radical (unpaired) electrons. The van der Waals surface area contributed by atoms with E-state index in [9.17, 15) is 0 Å². The number of hydrogen-bond acceptors (Lipinski definition) is 4. The van der Waals surface area contributed by atoms with Crippen LogP contribution in [0.4, 0.5) is 0 Å². The number of aryl methyl sites for hydroxylation is 1. The van der Waals surface area contributed by atoms with Crippen LogP contribution in [-0.2, 0) is 0 Å². The average Bonchev–Trinajstić information content (AvgIpc) is 2.93. The molecular formula is C14H15N3O. The molecule has 0 saturated carbocycles. The number of piperidine rings is 1. The topological polar surface area (TPSA) is 51.0 Å². The van der Waals surface area contributed by atoms with Crippen molar-refractivity contribution in [2.45, 2.75) is 25.2 Å². The molecule has 2 aromatic rings. The average molecular weight is 241 g/mol. The summed E-state index contributed by atoms with van der Waals surface area (Å²) in [4.78, 5) is 4.37. The molecule has 1 saturated heterocycles. The van der Waals surface area contributed by atoms with Crippen LogP contribution in [0.25, 0.3) is 11.4 Å². The summed E-state index contributed by atoms with van der Waals surface area (Å²) in [6, 6.07) is 6.48. The molecule has 1 aromatic heterocycles. The van der Waals surface area contributed by atoms with E-state index >= 15 is 0 Å². The van der Waals surface area contributed by atoms with Gasteiger partial charge in [-0.3, -0.25) is 0 Å². The molecule has 18 heavy (non-hydrogen) atoms. The normalized spacial score (nSPS) is 25.2. The van der Waals surface area contributed by atoms with Crippen LogP contribution in [-0.4, -0.2) is 23.2 Å². The summed E-state index contributed by atoms with van der Waals surface area (Å²) in [7, 11) is 0. The highest BCUT2D eigenvalue weighted by Gasteiger charge is 2.36. The van der Waals surface area contributed by atoms with E-state index in [0.717, 1.165) is 24.5 Å². The Balaban J connectivity index is 1.91. The molecule has 4 nitrogen and oxygen atoms in total. The van der Waals surface area contributed by atoms with E-state index in [1.165, 1.54) is 17.5 Å². The van der Waals surface area contributed by atoms with Gasteiger partial charge in [-0.15, -0.1) is 0 Å². The summed E-state index contributed by atoms with van der Waals surface area (Å²) in [5, 5.41) is 7.58. The third-order valence-electron chi connectivity index (χ3n) is 4.11. The Kier molecular flexibility index (Phi) is 2.08. The fourth-order valence-electron chi connectivity index (χ4n) is 3.40. The molecular weight excluding hydrogens is 226 g/mol. The lowest BCUT2D eigenvalue weighted by atomic mass is 9.95. The number of rotatable bonds is 1. The van der Waals surface area contributed by atoms with Gasteiger partial charge < -0.3 is 9.84 Å².